The number of hydrogen-bond acceptors (Lipinski definition) is 3. The summed E-state index contributed by atoms with van der Waals surface area (Å²) in [4.78, 5) is 0. The Kier molecular flexibility index (Phi) is 3.93. The molecule has 0 amide bonds. The minimum Gasteiger partial charge on any atom is -0.506 e. The predicted octanol–water partition coefficient (Wildman–Crippen LogP) is 4.06. The highest BCUT2D eigenvalue weighted by Crippen LogP contribution is 2.34. The maximum absolute atomic E-state index is 12.9. The molecule has 0 unspecified atom stereocenters. The molecule has 2 N–H and O–H groups in total. The Hall–Kier alpha value is -1.78. The molecule has 0 atom stereocenters. The van der Waals surface area contributed by atoms with Crippen molar-refractivity contribution in [1.29, 1.82) is 0 Å². The van der Waals surface area contributed by atoms with Crippen LogP contribution < -0.4 is 0 Å². The highest BCUT2D eigenvalue weighted by atomic mass is 35.5. The van der Waals surface area contributed by atoms with Crippen molar-refractivity contribution in [2.24, 2.45) is 5.16 Å². The summed E-state index contributed by atoms with van der Waals surface area (Å²) in [6, 6.07) is 8.15. The van der Waals surface area contributed by atoms with Crippen LogP contribution in [0.25, 0.3) is 0 Å². The van der Waals surface area contributed by atoms with Gasteiger partial charge in [0.2, 0.25) is 0 Å². The zero-order valence-corrected chi connectivity index (χ0v) is 11.0. The summed E-state index contributed by atoms with van der Waals surface area (Å²) in [7, 11) is 0. The van der Waals surface area contributed by atoms with Gasteiger partial charge < -0.3 is 10.3 Å². The fourth-order valence-electron chi connectivity index (χ4n) is 1.60. The van der Waals surface area contributed by atoms with Crippen LogP contribution in [0.5, 0.6) is 5.75 Å². The molecule has 19 heavy (non-hydrogen) atoms. The van der Waals surface area contributed by atoms with Crippen molar-refractivity contribution < 1.29 is 14.7 Å². The first-order valence-electron chi connectivity index (χ1n) is 5.20. The summed E-state index contributed by atoms with van der Waals surface area (Å²) < 4.78 is 12.9. The number of benzene rings is 2. The van der Waals surface area contributed by atoms with Gasteiger partial charge in [-0.25, -0.2) is 4.39 Å². The maximum atomic E-state index is 12.9. The van der Waals surface area contributed by atoms with Gasteiger partial charge in [0.25, 0.3) is 0 Å². The van der Waals surface area contributed by atoms with Crippen LogP contribution in [0.4, 0.5) is 4.39 Å². The summed E-state index contributed by atoms with van der Waals surface area (Å²) in [6.45, 7) is 0. The van der Waals surface area contributed by atoms with Crippen LogP contribution in [0, 0.1) is 5.82 Å². The number of halogens is 3. The van der Waals surface area contributed by atoms with Gasteiger partial charge in [0.15, 0.2) is 0 Å². The zero-order valence-electron chi connectivity index (χ0n) is 9.44. The molecule has 0 saturated heterocycles. The van der Waals surface area contributed by atoms with E-state index in [-0.39, 0.29) is 21.5 Å². The normalized spacial score (nSPS) is 11.6. The van der Waals surface area contributed by atoms with Gasteiger partial charge in [0.05, 0.1) is 5.02 Å². The SMILES string of the molecule is ON=C(c1ccc(F)cc1)c1ccc(O)c(Cl)c1Cl. The van der Waals surface area contributed by atoms with Gasteiger partial charge in [0, 0.05) is 11.1 Å². The van der Waals surface area contributed by atoms with Crippen molar-refractivity contribution in [3.63, 3.8) is 0 Å². The lowest BCUT2D eigenvalue weighted by Crippen LogP contribution is -2.04. The molecule has 3 nitrogen and oxygen atoms in total. The molecule has 0 aliphatic rings. The van der Waals surface area contributed by atoms with Crippen LogP contribution in [0.2, 0.25) is 10.0 Å². The number of hydrogen-bond donors (Lipinski definition) is 2. The van der Waals surface area contributed by atoms with Crippen LogP contribution >= 0.6 is 23.2 Å². The molecular weight excluding hydrogens is 292 g/mol. The molecular formula is C13H8Cl2FNO2. The average Bonchev–Trinajstić information content (AvgIpc) is 2.41. The summed E-state index contributed by atoms with van der Waals surface area (Å²) in [6.07, 6.45) is 0. The largest absolute Gasteiger partial charge is 0.506 e. The van der Waals surface area contributed by atoms with Crippen molar-refractivity contribution in [2.45, 2.75) is 0 Å². The molecule has 2 aromatic rings. The second-order valence-corrected chi connectivity index (χ2v) is 4.47. The van der Waals surface area contributed by atoms with Gasteiger partial charge in [-0.15, -0.1) is 0 Å². The Morgan fingerprint density at radius 3 is 2.21 bits per heavy atom. The van der Waals surface area contributed by atoms with Crippen molar-refractivity contribution in [3.05, 3.63) is 63.4 Å². The molecule has 0 aliphatic carbocycles. The minimum atomic E-state index is -0.407. The van der Waals surface area contributed by atoms with E-state index in [1.807, 2.05) is 0 Å². The van der Waals surface area contributed by atoms with E-state index < -0.39 is 5.82 Å². The topological polar surface area (TPSA) is 52.8 Å². The van der Waals surface area contributed by atoms with Gasteiger partial charge in [-0.2, -0.15) is 0 Å². The van der Waals surface area contributed by atoms with Gasteiger partial charge in [0.1, 0.15) is 22.3 Å². The van der Waals surface area contributed by atoms with E-state index in [1.165, 1.54) is 36.4 Å². The Morgan fingerprint density at radius 2 is 1.63 bits per heavy atom. The van der Waals surface area contributed by atoms with Crippen molar-refractivity contribution >= 4 is 28.9 Å². The van der Waals surface area contributed by atoms with Gasteiger partial charge in [-0.05, 0) is 36.4 Å². The first-order valence-corrected chi connectivity index (χ1v) is 5.95. The molecule has 0 radical (unpaired) electrons. The van der Waals surface area contributed by atoms with E-state index in [0.29, 0.717) is 11.1 Å². The van der Waals surface area contributed by atoms with Crippen molar-refractivity contribution in [3.8, 4) is 5.75 Å². The summed E-state index contributed by atoms with van der Waals surface area (Å²) in [5, 5.41) is 21.7. The Labute approximate surface area is 118 Å². The molecule has 6 heteroatoms. The third-order valence-electron chi connectivity index (χ3n) is 2.53. The van der Waals surface area contributed by atoms with Crippen molar-refractivity contribution in [2.75, 3.05) is 0 Å². The molecule has 0 aromatic heterocycles. The number of phenolic OH excluding ortho intramolecular Hbond substituents is 1. The van der Waals surface area contributed by atoms with Crippen LogP contribution in [-0.2, 0) is 0 Å². The fraction of sp³-hybridized carbons (Fsp3) is 0. The van der Waals surface area contributed by atoms with E-state index >= 15 is 0 Å². The minimum absolute atomic E-state index is 0.0394. The number of rotatable bonds is 2. The standard InChI is InChI=1S/C13H8Cl2FNO2/c14-11-9(5-6-10(18)12(11)15)13(17-19)7-1-3-8(16)4-2-7/h1-6,18-19H. The second-order valence-electron chi connectivity index (χ2n) is 3.72. The Morgan fingerprint density at radius 1 is 1.00 bits per heavy atom. The Balaban J connectivity index is 2.55. The molecule has 0 heterocycles. The predicted molar refractivity (Wildman–Crippen MR) is 72.0 cm³/mol. The zero-order chi connectivity index (χ0) is 14.0. The summed E-state index contributed by atoms with van der Waals surface area (Å²) in [5.41, 5.74) is 0.929. The van der Waals surface area contributed by atoms with Crippen molar-refractivity contribution in [1.82, 2.24) is 0 Å². The van der Waals surface area contributed by atoms with Crippen LogP contribution in [0.15, 0.2) is 41.6 Å². The molecule has 0 aliphatic heterocycles. The van der Waals surface area contributed by atoms with E-state index in [4.69, 9.17) is 28.4 Å². The van der Waals surface area contributed by atoms with Crippen LogP contribution in [0.1, 0.15) is 11.1 Å². The van der Waals surface area contributed by atoms with E-state index in [9.17, 15) is 9.50 Å². The molecule has 0 saturated carbocycles. The second kappa shape index (κ2) is 5.47. The van der Waals surface area contributed by atoms with E-state index in [2.05, 4.69) is 5.16 Å². The maximum Gasteiger partial charge on any atom is 0.135 e. The fourth-order valence-corrected chi connectivity index (χ4v) is 2.01. The number of phenols is 1. The molecule has 2 aromatic carbocycles. The summed E-state index contributed by atoms with van der Waals surface area (Å²) >= 11 is 11.8. The van der Waals surface area contributed by atoms with Crippen LogP contribution in [-0.4, -0.2) is 16.0 Å². The van der Waals surface area contributed by atoms with Gasteiger partial charge in [-0.3, -0.25) is 0 Å². The lowest BCUT2D eigenvalue weighted by Gasteiger charge is -2.09. The average molecular weight is 300 g/mol. The molecule has 0 fully saturated rings. The van der Waals surface area contributed by atoms with E-state index in [1.54, 1.807) is 0 Å². The van der Waals surface area contributed by atoms with Gasteiger partial charge in [-0.1, -0.05) is 28.4 Å². The molecule has 0 bridgehead atoms. The number of oxime groups is 1. The summed E-state index contributed by atoms with van der Waals surface area (Å²) in [5.74, 6) is -0.581. The highest BCUT2D eigenvalue weighted by Gasteiger charge is 2.16. The lowest BCUT2D eigenvalue weighted by atomic mass is 10.0. The first kappa shape index (κ1) is 13.6. The van der Waals surface area contributed by atoms with Crippen LogP contribution in [0.3, 0.4) is 0 Å². The first-order chi connectivity index (χ1) is 9.04. The van der Waals surface area contributed by atoms with Gasteiger partial charge >= 0.3 is 0 Å². The number of aromatic hydroxyl groups is 1. The third-order valence-corrected chi connectivity index (χ3v) is 3.41. The third kappa shape index (κ3) is 2.64. The molecule has 98 valence electrons. The monoisotopic (exact) mass is 299 g/mol. The Bertz CT molecular complexity index is 642. The highest BCUT2D eigenvalue weighted by molar-refractivity contribution is 6.45. The molecule has 0 spiro atoms. The lowest BCUT2D eigenvalue weighted by molar-refractivity contribution is 0.319. The quantitative estimate of drug-likeness (QED) is 0.499. The number of nitrogens with zero attached hydrogens (tertiary/aromatic N) is 1. The van der Waals surface area contributed by atoms with E-state index in [0.717, 1.165) is 0 Å². The smallest absolute Gasteiger partial charge is 0.135 e. The molecule has 2 rings (SSSR count).